The summed E-state index contributed by atoms with van der Waals surface area (Å²) in [6.07, 6.45) is -0.370. The fraction of sp³-hybridized carbons (Fsp3) is 0.520. The van der Waals surface area contributed by atoms with Crippen LogP contribution < -0.4 is 4.90 Å². The standard InChI is InChI=1S/C25H31F3N4O/c1-19(24(33)32-11-9-21(10-12-32)17-20-5-3-2-4-6-20)30-13-15-31(16-14-30)23-8-7-22(18-29-23)25(26,27)28/h2-8,18-19,21H,9-17H2,1H3. The average Bonchev–Trinajstić information content (AvgIpc) is 2.84. The summed E-state index contributed by atoms with van der Waals surface area (Å²) in [5.74, 6) is 1.34. The topological polar surface area (TPSA) is 39.7 Å². The first-order valence-electron chi connectivity index (χ1n) is 11.7. The zero-order chi connectivity index (χ0) is 23.4. The number of amides is 1. The van der Waals surface area contributed by atoms with Crippen molar-refractivity contribution in [2.75, 3.05) is 44.2 Å². The molecule has 0 N–H and O–H groups in total. The third kappa shape index (κ3) is 5.85. The van der Waals surface area contributed by atoms with E-state index in [9.17, 15) is 18.0 Å². The van der Waals surface area contributed by atoms with Crippen molar-refractivity contribution in [1.29, 1.82) is 0 Å². The van der Waals surface area contributed by atoms with Crippen LogP contribution in [0.1, 0.15) is 30.9 Å². The molecule has 2 aliphatic heterocycles. The molecule has 1 atom stereocenters. The number of alkyl halides is 3. The number of rotatable bonds is 5. The monoisotopic (exact) mass is 460 g/mol. The van der Waals surface area contributed by atoms with E-state index in [0.717, 1.165) is 44.6 Å². The molecule has 178 valence electrons. The van der Waals surface area contributed by atoms with Gasteiger partial charge in [-0.15, -0.1) is 0 Å². The molecule has 1 unspecified atom stereocenters. The smallest absolute Gasteiger partial charge is 0.354 e. The van der Waals surface area contributed by atoms with Crippen LogP contribution in [0.4, 0.5) is 19.0 Å². The van der Waals surface area contributed by atoms with E-state index in [1.54, 1.807) is 0 Å². The number of aromatic nitrogens is 1. The number of likely N-dealkylation sites (tertiary alicyclic amines) is 1. The maximum Gasteiger partial charge on any atom is 0.417 e. The molecule has 0 aliphatic carbocycles. The number of hydrogen-bond acceptors (Lipinski definition) is 4. The molecule has 2 aromatic rings. The molecule has 3 heterocycles. The highest BCUT2D eigenvalue weighted by molar-refractivity contribution is 5.81. The van der Waals surface area contributed by atoms with Gasteiger partial charge in [-0.2, -0.15) is 13.2 Å². The second-order valence-electron chi connectivity index (χ2n) is 9.06. The van der Waals surface area contributed by atoms with Crippen LogP contribution in [-0.4, -0.2) is 66.0 Å². The minimum absolute atomic E-state index is 0.175. The summed E-state index contributed by atoms with van der Waals surface area (Å²) < 4.78 is 38.3. The summed E-state index contributed by atoms with van der Waals surface area (Å²) in [6.45, 7) is 6.20. The van der Waals surface area contributed by atoms with Crippen LogP contribution in [0.25, 0.3) is 0 Å². The highest BCUT2D eigenvalue weighted by atomic mass is 19.4. The highest BCUT2D eigenvalue weighted by Gasteiger charge is 2.33. The molecule has 2 aliphatic rings. The zero-order valence-electron chi connectivity index (χ0n) is 19.0. The Morgan fingerprint density at radius 3 is 2.24 bits per heavy atom. The highest BCUT2D eigenvalue weighted by Crippen LogP contribution is 2.29. The Hall–Kier alpha value is -2.61. The molecule has 0 radical (unpaired) electrons. The number of halogens is 3. The normalized spacial score (nSPS) is 19.5. The van der Waals surface area contributed by atoms with Crippen molar-refractivity contribution in [2.24, 2.45) is 5.92 Å². The number of piperazine rings is 1. The van der Waals surface area contributed by atoms with E-state index in [1.807, 2.05) is 22.8 Å². The lowest BCUT2D eigenvalue weighted by atomic mass is 9.90. The Morgan fingerprint density at radius 1 is 1.00 bits per heavy atom. The Balaban J connectivity index is 1.24. The van der Waals surface area contributed by atoms with Crippen molar-refractivity contribution in [1.82, 2.24) is 14.8 Å². The van der Waals surface area contributed by atoms with Gasteiger partial charge in [0.25, 0.3) is 0 Å². The Morgan fingerprint density at radius 2 is 1.67 bits per heavy atom. The predicted octanol–water partition coefficient (Wildman–Crippen LogP) is 4.09. The maximum absolute atomic E-state index is 13.1. The first-order chi connectivity index (χ1) is 15.8. The number of anilines is 1. The van der Waals surface area contributed by atoms with E-state index in [-0.39, 0.29) is 11.9 Å². The molecule has 0 spiro atoms. The van der Waals surface area contributed by atoms with Crippen molar-refractivity contribution in [3.8, 4) is 0 Å². The summed E-state index contributed by atoms with van der Waals surface area (Å²) >= 11 is 0. The average molecular weight is 461 g/mol. The molecule has 1 aromatic carbocycles. The minimum atomic E-state index is -4.38. The van der Waals surface area contributed by atoms with E-state index >= 15 is 0 Å². The molecule has 8 heteroatoms. The molecule has 2 saturated heterocycles. The van der Waals surface area contributed by atoms with Gasteiger partial charge < -0.3 is 9.80 Å². The van der Waals surface area contributed by atoms with Gasteiger partial charge in [-0.25, -0.2) is 4.98 Å². The van der Waals surface area contributed by atoms with E-state index in [1.165, 1.54) is 11.6 Å². The number of hydrogen-bond donors (Lipinski definition) is 0. The molecular formula is C25H31F3N4O. The van der Waals surface area contributed by atoms with E-state index in [2.05, 4.69) is 34.1 Å². The fourth-order valence-electron chi connectivity index (χ4n) is 4.80. The van der Waals surface area contributed by atoms with Gasteiger partial charge >= 0.3 is 6.18 Å². The van der Waals surface area contributed by atoms with Crippen LogP contribution in [0.2, 0.25) is 0 Å². The van der Waals surface area contributed by atoms with Crippen LogP contribution in [0.15, 0.2) is 48.7 Å². The van der Waals surface area contributed by atoms with Crippen molar-refractivity contribution in [3.63, 3.8) is 0 Å². The summed E-state index contributed by atoms with van der Waals surface area (Å²) in [5.41, 5.74) is 0.618. The SMILES string of the molecule is CC(C(=O)N1CCC(Cc2ccccc2)CC1)N1CCN(c2ccc(C(F)(F)F)cn2)CC1. The Bertz CT molecular complexity index is 903. The Kier molecular flexibility index (Phi) is 7.22. The molecule has 4 rings (SSSR count). The molecule has 33 heavy (non-hydrogen) atoms. The predicted molar refractivity (Wildman–Crippen MR) is 122 cm³/mol. The number of nitrogens with zero attached hydrogens (tertiary/aromatic N) is 4. The quantitative estimate of drug-likeness (QED) is 0.674. The summed E-state index contributed by atoms with van der Waals surface area (Å²) in [5, 5.41) is 0. The number of pyridine rings is 1. The van der Waals surface area contributed by atoms with Gasteiger partial charge in [-0.1, -0.05) is 30.3 Å². The maximum atomic E-state index is 13.1. The van der Waals surface area contributed by atoms with Gasteiger partial charge in [-0.05, 0) is 49.8 Å². The van der Waals surface area contributed by atoms with Crippen LogP contribution in [0.5, 0.6) is 0 Å². The minimum Gasteiger partial charge on any atom is -0.354 e. The van der Waals surface area contributed by atoms with Gasteiger partial charge in [0.05, 0.1) is 11.6 Å². The molecule has 0 saturated carbocycles. The number of piperidine rings is 1. The Labute approximate surface area is 193 Å². The lowest BCUT2D eigenvalue weighted by Gasteiger charge is -2.40. The van der Waals surface area contributed by atoms with Gasteiger partial charge in [0, 0.05) is 45.5 Å². The third-order valence-electron chi connectivity index (χ3n) is 6.91. The van der Waals surface area contributed by atoms with Crippen molar-refractivity contribution < 1.29 is 18.0 Å². The molecular weight excluding hydrogens is 429 g/mol. The summed E-state index contributed by atoms with van der Waals surface area (Å²) in [6, 6.07) is 12.8. The van der Waals surface area contributed by atoms with Crippen molar-refractivity contribution in [2.45, 2.75) is 38.4 Å². The van der Waals surface area contributed by atoms with Crippen molar-refractivity contribution in [3.05, 3.63) is 59.8 Å². The second-order valence-corrected chi connectivity index (χ2v) is 9.06. The van der Waals surface area contributed by atoms with E-state index < -0.39 is 11.7 Å². The van der Waals surface area contributed by atoms with Crippen LogP contribution in [0.3, 0.4) is 0 Å². The lowest BCUT2D eigenvalue weighted by Crippen LogP contribution is -2.55. The van der Waals surface area contributed by atoms with Crippen LogP contribution >= 0.6 is 0 Å². The van der Waals surface area contributed by atoms with Gasteiger partial charge in [0.2, 0.25) is 5.91 Å². The first-order valence-corrected chi connectivity index (χ1v) is 11.7. The largest absolute Gasteiger partial charge is 0.417 e. The lowest BCUT2D eigenvalue weighted by molar-refractivity contribution is -0.138. The van der Waals surface area contributed by atoms with Gasteiger partial charge in [0.1, 0.15) is 5.82 Å². The number of carbonyl (C=O) groups excluding carboxylic acids is 1. The van der Waals surface area contributed by atoms with Gasteiger partial charge in [-0.3, -0.25) is 9.69 Å². The van der Waals surface area contributed by atoms with Crippen LogP contribution in [0, 0.1) is 5.92 Å². The third-order valence-corrected chi connectivity index (χ3v) is 6.91. The van der Waals surface area contributed by atoms with Crippen LogP contribution in [-0.2, 0) is 17.4 Å². The summed E-state index contributed by atoms with van der Waals surface area (Å²) in [4.78, 5) is 23.2. The molecule has 1 amide bonds. The summed E-state index contributed by atoms with van der Waals surface area (Å²) in [7, 11) is 0. The second kappa shape index (κ2) is 10.1. The molecule has 0 bridgehead atoms. The first kappa shape index (κ1) is 23.5. The van der Waals surface area contributed by atoms with E-state index in [4.69, 9.17) is 0 Å². The van der Waals surface area contributed by atoms with Crippen molar-refractivity contribution >= 4 is 11.7 Å². The molecule has 1 aromatic heterocycles. The zero-order valence-corrected chi connectivity index (χ0v) is 19.0. The van der Waals surface area contributed by atoms with E-state index in [0.29, 0.717) is 37.9 Å². The fourth-order valence-corrected chi connectivity index (χ4v) is 4.80. The number of carbonyl (C=O) groups is 1. The van der Waals surface area contributed by atoms with Gasteiger partial charge in [0.15, 0.2) is 0 Å². The number of benzene rings is 1. The molecule has 2 fully saturated rings. The molecule has 5 nitrogen and oxygen atoms in total.